The fraction of sp³-hybridized carbons (Fsp3) is 0.364. The second kappa shape index (κ2) is 5.46. The van der Waals surface area contributed by atoms with Crippen LogP contribution in [0.3, 0.4) is 0 Å². The minimum Gasteiger partial charge on any atom is -0.460 e. The molecule has 0 unspecified atom stereocenters. The highest BCUT2D eigenvalue weighted by molar-refractivity contribution is 5.90. The number of carbonyl (C=O) groups excluding carboxylic acids is 1. The number of halogens is 1. The molecule has 0 aliphatic heterocycles. The Hall–Kier alpha value is -1.62. The summed E-state index contributed by atoms with van der Waals surface area (Å²) in [5, 5.41) is 0. The van der Waals surface area contributed by atoms with Crippen LogP contribution in [0.5, 0.6) is 0 Å². The predicted octanol–water partition coefficient (Wildman–Crippen LogP) is 1.52. The molecule has 88 valence electrons. The van der Waals surface area contributed by atoms with E-state index in [1.807, 2.05) is 0 Å². The van der Waals surface area contributed by atoms with Crippen molar-refractivity contribution in [1.29, 1.82) is 0 Å². The zero-order chi connectivity index (χ0) is 12.1. The molecule has 0 atom stereocenters. The summed E-state index contributed by atoms with van der Waals surface area (Å²) in [5.74, 6) is -1.12. The zero-order valence-corrected chi connectivity index (χ0v) is 9.25. The van der Waals surface area contributed by atoms with Gasteiger partial charge in [0, 0.05) is 18.4 Å². The van der Waals surface area contributed by atoms with Crippen molar-refractivity contribution in [3.8, 4) is 0 Å². The summed E-state index contributed by atoms with van der Waals surface area (Å²) in [5.41, 5.74) is 6.21. The van der Waals surface area contributed by atoms with Crippen LogP contribution in [0.15, 0.2) is 12.1 Å². The maximum atomic E-state index is 13.3. The number of ether oxygens (including phenoxy) is 2. The summed E-state index contributed by atoms with van der Waals surface area (Å²) in [6.45, 7) is 1.98. The van der Waals surface area contributed by atoms with Gasteiger partial charge in [0.15, 0.2) is 0 Å². The number of nitrogens with two attached hydrogens (primary N) is 1. The van der Waals surface area contributed by atoms with Crippen molar-refractivity contribution in [1.82, 2.24) is 0 Å². The Balaban J connectivity index is 2.76. The number of hydrogen-bond acceptors (Lipinski definition) is 4. The lowest BCUT2D eigenvalue weighted by atomic mass is 10.1. The lowest BCUT2D eigenvalue weighted by Gasteiger charge is -2.07. The van der Waals surface area contributed by atoms with Gasteiger partial charge in [-0.15, -0.1) is 0 Å². The van der Waals surface area contributed by atoms with Gasteiger partial charge in [0.1, 0.15) is 12.4 Å². The molecule has 1 aromatic rings. The summed E-state index contributed by atoms with van der Waals surface area (Å²) in [4.78, 5) is 11.4. The van der Waals surface area contributed by atoms with Gasteiger partial charge in [-0.2, -0.15) is 0 Å². The fourth-order valence-corrected chi connectivity index (χ4v) is 1.12. The molecule has 0 aromatic heterocycles. The highest BCUT2D eigenvalue weighted by atomic mass is 19.1. The highest BCUT2D eigenvalue weighted by Crippen LogP contribution is 2.18. The van der Waals surface area contributed by atoms with Gasteiger partial charge in [0.05, 0.1) is 12.2 Å². The lowest BCUT2D eigenvalue weighted by molar-refractivity contribution is 0.0387. The van der Waals surface area contributed by atoms with Crippen LogP contribution in [0.1, 0.15) is 15.9 Å². The monoisotopic (exact) mass is 227 g/mol. The standard InChI is InChI=1S/C11H14FNO3/c1-7-9(12)5-8(6-10(7)13)11(14)16-4-3-15-2/h5-6H,3-4,13H2,1-2H3. The predicted molar refractivity (Wildman–Crippen MR) is 57.7 cm³/mol. The van der Waals surface area contributed by atoms with Crippen molar-refractivity contribution in [3.05, 3.63) is 29.1 Å². The van der Waals surface area contributed by atoms with Crippen molar-refractivity contribution >= 4 is 11.7 Å². The van der Waals surface area contributed by atoms with E-state index < -0.39 is 11.8 Å². The third-order valence-electron chi connectivity index (χ3n) is 2.14. The highest BCUT2D eigenvalue weighted by Gasteiger charge is 2.11. The van der Waals surface area contributed by atoms with Gasteiger partial charge in [0.25, 0.3) is 0 Å². The fourth-order valence-electron chi connectivity index (χ4n) is 1.12. The van der Waals surface area contributed by atoms with Gasteiger partial charge < -0.3 is 15.2 Å². The lowest BCUT2D eigenvalue weighted by Crippen LogP contribution is -2.11. The number of esters is 1. The van der Waals surface area contributed by atoms with E-state index in [0.717, 1.165) is 6.07 Å². The Labute approximate surface area is 93.2 Å². The van der Waals surface area contributed by atoms with Crippen LogP contribution < -0.4 is 5.73 Å². The third kappa shape index (κ3) is 2.93. The van der Waals surface area contributed by atoms with E-state index in [4.69, 9.17) is 15.2 Å². The van der Waals surface area contributed by atoms with E-state index in [0.29, 0.717) is 12.2 Å². The van der Waals surface area contributed by atoms with E-state index >= 15 is 0 Å². The number of benzene rings is 1. The smallest absolute Gasteiger partial charge is 0.338 e. The molecule has 0 saturated carbocycles. The van der Waals surface area contributed by atoms with Gasteiger partial charge in [-0.25, -0.2) is 9.18 Å². The van der Waals surface area contributed by atoms with Crippen LogP contribution in [0.4, 0.5) is 10.1 Å². The summed E-state index contributed by atoms with van der Waals surface area (Å²) in [7, 11) is 1.50. The van der Waals surface area contributed by atoms with Crippen molar-refractivity contribution in [2.75, 3.05) is 26.1 Å². The summed E-state index contributed by atoms with van der Waals surface area (Å²) < 4.78 is 22.8. The molecule has 5 heteroatoms. The molecule has 0 heterocycles. The van der Waals surface area contributed by atoms with Gasteiger partial charge in [0.2, 0.25) is 0 Å². The quantitative estimate of drug-likeness (QED) is 0.481. The van der Waals surface area contributed by atoms with Crippen molar-refractivity contribution in [3.63, 3.8) is 0 Å². The molecule has 4 nitrogen and oxygen atoms in total. The minimum absolute atomic E-state index is 0.108. The van der Waals surface area contributed by atoms with Crippen molar-refractivity contribution in [2.45, 2.75) is 6.92 Å². The van der Waals surface area contributed by atoms with Crippen LogP contribution in [-0.4, -0.2) is 26.3 Å². The molecule has 1 aromatic carbocycles. The number of hydrogen-bond donors (Lipinski definition) is 1. The first-order valence-corrected chi connectivity index (χ1v) is 4.78. The Kier molecular flexibility index (Phi) is 4.25. The second-order valence-electron chi connectivity index (χ2n) is 3.30. The maximum absolute atomic E-state index is 13.3. The molecule has 1 rings (SSSR count). The molecule has 16 heavy (non-hydrogen) atoms. The average molecular weight is 227 g/mol. The molecule has 0 fully saturated rings. The van der Waals surface area contributed by atoms with E-state index in [9.17, 15) is 9.18 Å². The molecule has 0 aliphatic carbocycles. The molecule has 0 amide bonds. The summed E-state index contributed by atoms with van der Waals surface area (Å²) in [6.07, 6.45) is 0. The summed E-state index contributed by atoms with van der Waals surface area (Å²) >= 11 is 0. The van der Waals surface area contributed by atoms with Crippen LogP contribution in [-0.2, 0) is 9.47 Å². The number of anilines is 1. The van der Waals surface area contributed by atoms with E-state index in [1.54, 1.807) is 6.92 Å². The first-order valence-electron chi connectivity index (χ1n) is 4.78. The first kappa shape index (κ1) is 12.4. The van der Waals surface area contributed by atoms with Crippen LogP contribution in [0, 0.1) is 12.7 Å². The van der Waals surface area contributed by atoms with Gasteiger partial charge in [-0.3, -0.25) is 0 Å². The minimum atomic E-state index is -0.609. The number of carbonyl (C=O) groups is 1. The molecule has 2 N–H and O–H groups in total. The first-order chi connectivity index (χ1) is 7.56. The normalized spacial score (nSPS) is 10.2. The Morgan fingerprint density at radius 2 is 2.12 bits per heavy atom. The van der Waals surface area contributed by atoms with E-state index in [1.165, 1.54) is 13.2 Å². The number of methoxy groups -OCH3 is 1. The Bertz CT molecular complexity index is 370. The second-order valence-corrected chi connectivity index (χ2v) is 3.30. The molecular formula is C11H14FNO3. The van der Waals surface area contributed by atoms with Gasteiger partial charge in [-0.05, 0) is 19.1 Å². The van der Waals surface area contributed by atoms with Gasteiger partial charge >= 0.3 is 5.97 Å². The topological polar surface area (TPSA) is 61.5 Å². The van der Waals surface area contributed by atoms with Crippen LogP contribution in [0.25, 0.3) is 0 Å². The number of rotatable bonds is 4. The largest absolute Gasteiger partial charge is 0.460 e. The Morgan fingerprint density at radius 1 is 1.44 bits per heavy atom. The van der Waals surface area contributed by atoms with Crippen LogP contribution in [0.2, 0.25) is 0 Å². The molecule has 0 bridgehead atoms. The van der Waals surface area contributed by atoms with E-state index in [2.05, 4.69) is 0 Å². The zero-order valence-electron chi connectivity index (χ0n) is 9.25. The molecular weight excluding hydrogens is 213 g/mol. The Morgan fingerprint density at radius 3 is 2.69 bits per heavy atom. The maximum Gasteiger partial charge on any atom is 0.338 e. The van der Waals surface area contributed by atoms with Crippen molar-refractivity contribution in [2.24, 2.45) is 0 Å². The SMILES string of the molecule is COCCOC(=O)c1cc(N)c(C)c(F)c1. The van der Waals surface area contributed by atoms with E-state index in [-0.39, 0.29) is 17.9 Å². The molecule has 0 spiro atoms. The van der Waals surface area contributed by atoms with Gasteiger partial charge in [-0.1, -0.05) is 0 Å². The molecule has 0 saturated heterocycles. The molecule has 0 radical (unpaired) electrons. The number of nitrogen functional groups attached to an aromatic ring is 1. The van der Waals surface area contributed by atoms with Crippen molar-refractivity contribution < 1.29 is 18.7 Å². The average Bonchev–Trinajstić information content (AvgIpc) is 2.25. The molecule has 0 aliphatic rings. The summed E-state index contributed by atoms with van der Waals surface area (Å²) in [6, 6.07) is 2.51. The third-order valence-corrected chi connectivity index (χ3v) is 2.14. The van der Waals surface area contributed by atoms with Crippen LogP contribution >= 0.6 is 0 Å².